The smallest absolute Gasteiger partial charge is 0.357 e. The van der Waals surface area contributed by atoms with E-state index in [4.69, 9.17) is 4.74 Å². The van der Waals surface area contributed by atoms with Crippen LogP contribution in [0.3, 0.4) is 0 Å². The van der Waals surface area contributed by atoms with E-state index in [2.05, 4.69) is 4.98 Å². The Labute approximate surface area is 87.5 Å². The van der Waals surface area contributed by atoms with Crippen LogP contribution >= 0.6 is 11.3 Å². The van der Waals surface area contributed by atoms with Crippen molar-refractivity contribution in [3.05, 3.63) is 11.1 Å². The van der Waals surface area contributed by atoms with E-state index in [9.17, 15) is 4.79 Å². The molecule has 1 heterocycles. The number of carbonyl (C=O) groups is 1. The summed E-state index contributed by atoms with van der Waals surface area (Å²) in [4.78, 5) is 17.4. The molecular weight excluding hydrogens is 200 g/mol. The molecule has 5 heteroatoms. The van der Waals surface area contributed by atoms with Crippen molar-refractivity contribution in [3.8, 4) is 0 Å². The lowest BCUT2D eigenvalue weighted by molar-refractivity contribution is 0.0520. The van der Waals surface area contributed by atoms with Crippen LogP contribution in [0.4, 0.5) is 5.13 Å². The van der Waals surface area contributed by atoms with Gasteiger partial charge in [0, 0.05) is 19.0 Å². The van der Waals surface area contributed by atoms with E-state index in [1.165, 1.54) is 11.3 Å². The van der Waals surface area contributed by atoms with Crippen LogP contribution in [0.25, 0.3) is 0 Å². The molecule has 0 spiro atoms. The summed E-state index contributed by atoms with van der Waals surface area (Å²) in [7, 11) is 1.94. The Balaban J connectivity index is 2.72. The Hall–Kier alpha value is -1.10. The van der Waals surface area contributed by atoms with E-state index in [1.807, 2.05) is 18.9 Å². The third kappa shape index (κ3) is 2.45. The number of carbonyl (C=O) groups excluding carboxylic acids is 1. The number of hydrogen-bond donors (Lipinski definition) is 0. The number of hydrogen-bond acceptors (Lipinski definition) is 5. The fourth-order valence-corrected chi connectivity index (χ4v) is 1.70. The van der Waals surface area contributed by atoms with E-state index >= 15 is 0 Å². The average Bonchev–Trinajstić information content (AvgIpc) is 2.66. The summed E-state index contributed by atoms with van der Waals surface area (Å²) in [5.74, 6) is -0.348. The lowest BCUT2D eigenvalue weighted by atomic mass is 10.5. The number of nitrogens with zero attached hydrogens (tertiary/aromatic N) is 2. The third-order valence-electron chi connectivity index (χ3n) is 1.78. The van der Waals surface area contributed by atoms with Gasteiger partial charge in [0.15, 0.2) is 10.8 Å². The molecule has 1 aromatic rings. The van der Waals surface area contributed by atoms with Crippen molar-refractivity contribution in [3.63, 3.8) is 0 Å². The van der Waals surface area contributed by atoms with Crippen LogP contribution in [0.2, 0.25) is 0 Å². The molecule has 0 amide bonds. The molecule has 0 saturated carbocycles. The van der Waals surface area contributed by atoms with Gasteiger partial charge in [-0.05, 0) is 13.8 Å². The van der Waals surface area contributed by atoms with Crippen molar-refractivity contribution in [1.82, 2.24) is 4.98 Å². The molecule has 0 atom stereocenters. The van der Waals surface area contributed by atoms with Gasteiger partial charge in [-0.15, -0.1) is 11.3 Å². The SMILES string of the molecule is CCOC(=O)c1csc(N(C)CC)n1. The first kappa shape index (κ1) is 11.0. The summed E-state index contributed by atoms with van der Waals surface area (Å²) in [5, 5.41) is 2.56. The van der Waals surface area contributed by atoms with E-state index < -0.39 is 0 Å². The van der Waals surface area contributed by atoms with Gasteiger partial charge in [0.2, 0.25) is 0 Å². The van der Waals surface area contributed by atoms with Crippen LogP contribution in [0.15, 0.2) is 5.38 Å². The van der Waals surface area contributed by atoms with Crippen molar-refractivity contribution in [1.29, 1.82) is 0 Å². The highest BCUT2D eigenvalue weighted by molar-refractivity contribution is 7.13. The standard InChI is InChI=1S/C9H14N2O2S/c1-4-11(3)9-10-7(6-14-9)8(12)13-5-2/h6H,4-5H2,1-3H3. The van der Waals surface area contributed by atoms with Crippen molar-refractivity contribution >= 4 is 22.4 Å². The second kappa shape index (κ2) is 4.95. The minimum atomic E-state index is -0.348. The normalized spacial score (nSPS) is 9.93. The second-order valence-corrected chi connectivity index (χ2v) is 3.59. The number of ether oxygens (including phenoxy) is 1. The molecule has 0 aliphatic carbocycles. The van der Waals surface area contributed by atoms with Crippen LogP contribution in [0, 0.1) is 0 Å². The van der Waals surface area contributed by atoms with Gasteiger partial charge in [-0.1, -0.05) is 0 Å². The Kier molecular flexibility index (Phi) is 3.88. The molecule has 1 aromatic heterocycles. The lowest BCUT2D eigenvalue weighted by Crippen LogP contribution is -2.15. The number of rotatable bonds is 4. The Bertz CT molecular complexity index is 312. The maximum absolute atomic E-state index is 11.3. The highest BCUT2D eigenvalue weighted by Crippen LogP contribution is 2.19. The molecule has 0 N–H and O–H groups in total. The first-order chi connectivity index (χ1) is 6.69. The fraction of sp³-hybridized carbons (Fsp3) is 0.556. The van der Waals surface area contributed by atoms with Crippen molar-refractivity contribution in [2.75, 3.05) is 25.1 Å². The molecule has 14 heavy (non-hydrogen) atoms. The largest absolute Gasteiger partial charge is 0.461 e. The average molecular weight is 214 g/mol. The maximum atomic E-state index is 11.3. The zero-order chi connectivity index (χ0) is 10.6. The zero-order valence-corrected chi connectivity index (χ0v) is 9.43. The van der Waals surface area contributed by atoms with Crippen molar-refractivity contribution < 1.29 is 9.53 Å². The van der Waals surface area contributed by atoms with Gasteiger partial charge in [-0.25, -0.2) is 9.78 Å². The molecule has 0 aromatic carbocycles. The summed E-state index contributed by atoms with van der Waals surface area (Å²) in [6.07, 6.45) is 0. The number of esters is 1. The lowest BCUT2D eigenvalue weighted by Gasteiger charge is -2.11. The molecule has 1 rings (SSSR count). The summed E-state index contributed by atoms with van der Waals surface area (Å²) in [6, 6.07) is 0. The summed E-state index contributed by atoms with van der Waals surface area (Å²) >= 11 is 1.45. The Morgan fingerprint density at radius 2 is 2.36 bits per heavy atom. The first-order valence-corrected chi connectivity index (χ1v) is 5.40. The Morgan fingerprint density at radius 1 is 1.64 bits per heavy atom. The molecule has 0 aliphatic rings. The highest BCUT2D eigenvalue weighted by atomic mass is 32.1. The van der Waals surface area contributed by atoms with E-state index in [1.54, 1.807) is 12.3 Å². The third-order valence-corrected chi connectivity index (χ3v) is 2.73. The fourth-order valence-electron chi connectivity index (χ4n) is 0.874. The van der Waals surface area contributed by atoms with Gasteiger partial charge in [0.05, 0.1) is 6.61 Å². The van der Waals surface area contributed by atoms with E-state index in [0.717, 1.165) is 11.7 Å². The first-order valence-electron chi connectivity index (χ1n) is 4.52. The number of aromatic nitrogens is 1. The van der Waals surface area contributed by atoms with E-state index in [0.29, 0.717) is 12.3 Å². The minimum Gasteiger partial charge on any atom is -0.461 e. The number of thiazole rings is 1. The molecule has 78 valence electrons. The monoisotopic (exact) mass is 214 g/mol. The van der Waals surface area contributed by atoms with Gasteiger partial charge < -0.3 is 9.64 Å². The van der Waals surface area contributed by atoms with Gasteiger partial charge in [0.25, 0.3) is 0 Å². The van der Waals surface area contributed by atoms with Crippen LogP contribution in [0.5, 0.6) is 0 Å². The summed E-state index contributed by atoms with van der Waals surface area (Å²) in [5.41, 5.74) is 0.396. The predicted molar refractivity (Wildman–Crippen MR) is 57.0 cm³/mol. The number of anilines is 1. The molecule has 0 fully saturated rings. The van der Waals surface area contributed by atoms with Crippen molar-refractivity contribution in [2.24, 2.45) is 0 Å². The van der Waals surface area contributed by atoms with Gasteiger partial charge in [-0.3, -0.25) is 0 Å². The molecule has 0 unspecified atom stereocenters. The van der Waals surface area contributed by atoms with Gasteiger partial charge >= 0.3 is 5.97 Å². The van der Waals surface area contributed by atoms with Crippen LogP contribution in [-0.4, -0.2) is 31.2 Å². The van der Waals surface area contributed by atoms with Crippen molar-refractivity contribution in [2.45, 2.75) is 13.8 Å². The summed E-state index contributed by atoms with van der Waals surface area (Å²) < 4.78 is 4.84. The molecule has 0 bridgehead atoms. The second-order valence-electron chi connectivity index (χ2n) is 2.75. The maximum Gasteiger partial charge on any atom is 0.357 e. The highest BCUT2D eigenvalue weighted by Gasteiger charge is 2.12. The Morgan fingerprint density at radius 3 is 2.93 bits per heavy atom. The van der Waals surface area contributed by atoms with Crippen LogP contribution < -0.4 is 4.90 Å². The quantitative estimate of drug-likeness (QED) is 0.716. The molecule has 4 nitrogen and oxygen atoms in total. The van der Waals surface area contributed by atoms with Gasteiger partial charge in [-0.2, -0.15) is 0 Å². The molecule has 0 saturated heterocycles. The zero-order valence-electron chi connectivity index (χ0n) is 8.61. The van der Waals surface area contributed by atoms with Crippen LogP contribution in [-0.2, 0) is 4.74 Å². The molecule has 0 radical (unpaired) electrons. The topological polar surface area (TPSA) is 42.4 Å². The van der Waals surface area contributed by atoms with Crippen LogP contribution in [0.1, 0.15) is 24.3 Å². The van der Waals surface area contributed by atoms with Gasteiger partial charge in [0.1, 0.15) is 0 Å². The van der Waals surface area contributed by atoms with E-state index in [-0.39, 0.29) is 5.97 Å². The minimum absolute atomic E-state index is 0.348. The molecule has 0 aliphatic heterocycles. The molecular formula is C9H14N2O2S. The summed E-state index contributed by atoms with van der Waals surface area (Å²) in [6.45, 7) is 5.07. The predicted octanol–water partition coefficient (Wildman–Crippen LogP) is 1.78.